The quantitative estimate of drug-likeness (QED) is 0.407. The number of anilines is 1. The van der Waals surface area contributed by atoms with Gasteiger partial charge in [-0.3, -0.25) is 4.72 Å². The van der Waals surface area contributed by atoms with Crippen LogP contribution < -0.4 is 19.5 Å². The first-order valence-electron chi connectivity index (χ1n) is 11.2. The van der Waals surface area contributed by atoms with E-state index in [1.54, 1.807) is 4.72 Å². The molecule has 0 radical (unpaired) electrons. The van der Waals surface area contributed by atoms with Crippen molar-refractivity contribution in [3.05, 3.63) is 64.9 Å². The number of carbonyl (C=O) groups is 1. The Kier molecular flexibility index (Phi) is 7.16. The molecule has 3 aromatic rings. The van der Waals surface area contributed by atoms with Crippen molar-refractivity contribution in [1.29, 1.82) is 0 Å². The third kappa shape index (κ3) is 5.76. The highest BCUT2D eigenvalue weighted by atomic mass is 32.2. The van der Waals surface area contributed by atoms with Crippen molar-refractivity contribution in [3.63, 3.8) is 0 Å². The van der Waals surface area contributed by atoms with E-state index < -0.39 is 39.5 Å². The molecule has 0 aliphatic heterocycles. The van der Waals surface area contributed by atoms with E-state index in [-0.39, 0.29) is 17.5 Å². The number of nitrogens with zero attached hydrogens (tertiary/aromatic N) is 1. The summed E-state index contributed by atoms with van der Waals surface area (Å²) in [5, 5.41) is 2.42. The normalized spacial score (nSPS) is 15.8. The summed E-state index contributed by atoms with van der Waals surface area (Å²) in [6, 6.07) is 6.76. The first-order valence-corrected chi connectivity index (χ1v) is 13.1. The van der Waals surface area contributed by atoms with Crippen molar-refractivity contribution in [3.8, 4) is 17.7 Å². The largest absolute Gasteiger partial charge is 0.414 e. The highest BCUT2D eigenvalue weighted by molar-refractivity contribution is 7.92. The van der Waals surface area contributed by atoms with Gasteiger partial charge < -0.3 is 19.2 Å². The summed E-state index contributed by atoms with van der Waals surface area (Å²) in [4.78, 5) is 16.3. The molecule has 192 valence electrons. The molecule has 2 N–H and O–H groups in total. The summed E-state index contributed by atoms with van der Waals surface area (Å²) in [5.41, 5.74) is 1.60. The van der Waals surface area contributed by atoms with Gasteiger partial charge in [0.05, 0.1) is 12.3 Å². The molecule has 1 aliphatic carbocycles. The summed E-state index contributed by atoms with van der Waals surface area (Å²) in [6.07, 6.45) is 3.81. The zero-order valence-corrected chi connectivity index (χ0v) is 20.6. The summed E-state index contributed by atoms with van der Waals surface area (Å²) in [7, 11) is -3.88. The number of hydrogen-bond acceptors (Lipinski definition) is 7. The number of hydrogen-bond donors (Lipinski definition) is 2. The number of carbonyl (C=O) groups excluding carboxylic acids is 1. The van der Waals surface area contributed by atoms with E-state index in [2.05, 4.69) is 23.3 Å². The molecule has 0 bridgehead atoms. The van der Waals surface area contributed by atoms with E-state index in [9.17, 15) is 22.0 Å². The highest BCUT2D eigenvalue weighted by Gasteiger charge is 2.25. The molecule has 4 rings (SSSR count). The zero-order chi connectivity index (χ0) is 26.0. The van der Waals surface area contributed by atoms with Gasteiger partial charge in [-0.2, -0.15) is 0 Å². The Labute approximate surface area is 206 Å². The van der Waals surface area contributed by atoms with E-state index in [4.69, 9.17) is 13.9 Å². The number of ether oxygens (including phenoxy) is 2. The van der Waals surface area contributed by atoms with Crippen molar-refractivity contribution in [2.24, 2.45) is 0 Å². The van der Waals surface area contributed by atoms with Crippen LogP contribution >= 0.6 is 0 Å². The molecule has 9 nitrogen and oxygen atoms in total. The maximum atomic E-state index is 14.2. The van der Waals surface area contributed by atoms with Crippen molar-refractivity contribution in [2.75, 3.05) is 11.0 Å². The van der Waals surface area contributed by atoms with Crippen LogP contribution in [0.5, 0.6) is 17.7 Å². The van der Waals surface area contributed by atoms with Crippen molar-refractivity contribution in [2.45, 2.75) is 45.1 Å². The van der Waals surface area contributed by atoms with Gasteiger partial charge in [0.1, 0.15) is 11.4 Å². The van der Waals surface area contributed by atoms with Gasteiger partial charge >= 0.3 is 12.2 Å². The van der Waals surface area contributed by atoms with Crippen LogP contribution in [0.4, 0.5) is 19.3 Å². The number of benzene rings is 2. The van der Waals surface area contributed by atoms with Gasteiger partial charge in [-0.25, -0.2) is 22.0 Å². The smallest absolute Gasteiger partial charge is 0.413 e. The highest BCUT2D eigenvalue weighted by Crippen LogP contribution is 2.41. The van der Waals surface area contributed by atoms with Crippen LogP contribution in [0.1, 0.15) is 55.3 Å². The summed E-state index contributed by atoms with van der Waals surface area (Å²) in [5.74, 6) is -1.31. The van der Waals surface area contributed by atoms with Gasteiger partial charge in [0.2, 0.25) is 10.0 Å². The number of rotatable bonds is 8. The molecule has 2 aromatic carbocycles. The van der Waals surface area contributed by atoms with E-state index in [1.165, 1.54) is 12.5 Å². The van der Waals surface area contributed by atoms with Gasteiger partial charge in [-0.05, 0) is 67.0 Å². The molecular formula is C24H25F2N3O6S. The van der Waals surface area contributed by atoms with Crippen molar-refractivity contribution in [1.82, 2.24) is 10.3 Å². The van der Waals surface area contributed by atoms with E-state index in [0.29, 0.717) is 11.7 Å². The Morgan fingerprint density at radius 3 is 2.67 bits per heavy atom. The van der Waals surface area contributed by atoms with E-state index >= 15 is 0 Å². The summed E-state index contributed by atoms with van der Waals surface area (Å²) in [6.45, 7) is 3.62. The minimum absolute atomic E-state index is 0.0495. The maximum Gasteiger partial charge on any atom is 0.414 e. The Morgan fingerprint density at radius 1 is 1.28 bits per heavy atom. The number of fused-ring (bicyclic) bond motifs is 1. The molecule has 1 aromatic heterocycles. The van der Waals surface area contributed by atoms with Crippen LogP contribution in [0, 0.1) is 11.6 Å². The fourth-order valence-electron chi connectivity index (χ4n) is 4.17. The summed E-state index contributed by atoms with van der Waals surface area (Å²) >= 11 is 0. The molecule has 2 atom stereocenters. The lowest BCUT2D eigenvalue weighted by Gasteiger charge is -2.15. The van der Waals surface area contributed by atoms with E-state index in [0.717, 1.165) is 49.5 Å². The Bertz CT molecular complexity index is 1370. The predicted molar refractivity (Wildman–Crippen MR) is 127 cm³/mol. The van der Waals surface area contributed by atoms with E-state index in [1.807, 2.05) is 12.1 Å². The Morgan fingerprint density at radius 2 is 2.00 bits per heavy atom. The van der Waals surface area contributed by atoms with Crippen molar-refractivity contribution >= 4 is 21.8 Å². The molecule has 2 unspecified atom stereocenters. The lowest BCUT2D eigenvalue weighted by atomic mass is 9.99. The average molecular weight is 522 g/mol. The average Bonchev–Trinajstić information content (AvgIpc) is 3.42. The minimum atomic E-state index is -3.88. The lowest BCUT2D eigenvalue weighted by Crippen LogP contribution is -2.29. The van der Waals surface area contributed by atoms with Gasteiger partial charge in [0.15, 0.2) is 17.9 Å². The fraction of sp³-hybridized carbons (Fsp3) is 0.333. The minimum Gasteiger partial charge on any atom is -0.413 e. The number of amides is 1. The fourth-order valence-corrected chi connectivity index (χ4v) is 4.73. The number of sulfonamides is 1. The Hall–Kier alpha value is -3.67. The Balaban J connectivity index is 1.38. The molecule has 0 fully saturated rings. The zero-order valence-electron chi connectivity index (χ0n) is 19.8. The first kappa shape index (κ1) is 25.4. The molecule has 0 spiro atoms. The second kappa shape index (κ2) is 10.1. The molecule has 0 saturated heterocycles. The monoisotopic (exact) mass is 521 g/mol. The molecule has 12 heteroatoms. The number of halogens is 2. The lowest BCUT2D eigenvalue weighted by molar-refractivity contribution is 0.195. The van der Waals surface area contributed by atoms with Crippen LogP contribution in [-0.2, 0) is 16.4 Å². The SMILES string of the molecule is CCC1CCc2c(Oc3nc(OC(=O)NC(C)c4cc(F)c(NS(C)(=O)=O)c(F)c4)co3)cccc21. The first-order chi connectivity index (χ1) is 17.0. The van der Waals surface area contributed by atoms with Crippen LogP contribution in [-0.4, -0.2) is 25.8 Å². The third-order valence-corrected chi connectivity index (χ3v) is 6.46. The second-order valence-electron chi connectivity index (χ2n) is 8.51. The van der Waals surface area contributed by atoms with Crippen LogP contribution in [0.2, 0.25) is 0 Å². The molecule has 0 saturated carbocycles. The molecule has 1 heterocycles. The van der Waals surface area contributed by atoms with Gasteiger partial charge in [-0.15, -0.1) is 4.98 Å². The maximum absolute atomic E-state index is 14.2. The number of oxazole rings is 1. The number of nitrogens with one attached hydrogen (secondary N) is 2. The number of aromatic nitrogens is 1. The van der Waals surface area contributed by atoms with Gasteiger partial charge in [0.25, 0.3) is 5.88 Å². The predicted octanol–water partition coefficient (Wildman–Crippen LogP) is 5.41. The second-order valence-corrected chi connectivity index (χ2v) is 10.3. The molecule has 1 aliphatic rings. The third-order valence-electron chi connectivity index (χ3n) is 5.89. The topological polar surface area (TPSA) is 120 Å². The van der Waals surface area contributed by atoms with Crippen molar-refractivity contribution < 1.29 is 35.9 Å². The van der Waals surface area contributed by atoms with Gasteiger partial charge in [-0.1, -0.05) is 19.1 Å². The van der Waals surface area contributed by atoms with Crippen LogP contribution in [0.15, 0.2) is 41.0 Å². The van der Waals surface area contributed by atoms with Crippen LogP contribution in [0.25, 0.3) is 0 Å². The van der Waals surface area contributed by atoms with Gasteiger partial charge in [0, 0.05) is 0 Å². The van der Waals surface area contributed by atoms with Crippen LogP contribution in [0.3, 0.4) is 0 Å². The molecule has 1 amide bonds. The standard InChI is InChI=1S/C24H25F2N3O6S/c1-4-14-8-9-17-16(14)6-5-7-20(17)34-24-28-21(12-33-24)35-23(30)27-13(2)15-10-18(25)22(19(26)11-15)29-36(3,31)32/h5-7,10-14,29H,4,8-9H2,1-3H3,(H,27,30). The summed E-state index contributed by atoms with van der Waals surface area (Å²) < 4.78 is 69.0. The molecule has 36 heavy (non-hydrogen) atoms. The molecular weight excluding hydrogens is 496 g/mol.